The van der Waals surface area contributed by atoms with Gasteiger partial charge < -0.3 is 5.73 Å². The van der Waals surface area contributed by atoms with E-state index in [0.717, 1.165) is 11.3 Å². The van der Waals surface area contributed by atoms with Crippen LogP contribution in [0.3, 0.4) is 0 Å². The molecule has 0 radical (unpaired) electrons. The predicted octanol–water partition coefficient (Wildman–Crippen LogP) is 3.29. The maximum Gasteiger partial charge on any atom is 0.180 e. The quantitative estimate of drug-likeness (QED) is 0.865. The van der Waals surface area contributed by atoms with Gasteiger partial charge in [-0.05, 0) is 34.1 Å². The van der Waals surface area contributed by atoms with E-state index in [4.69, 9.17) is 5.73 Å². The number of hydrogen-bond donors (Lipinski definition) is 1. The van der Waals surface area contributed by atoms with Crippen molar-refractivity contribution in [2.75, 3.05) is 5.73 Å². The highest BCUT2D eigenvalue weighted by Gasteiger charge is 2.05. The van der Waals surface area contributed by atoms with Crippen LogP contribution in [0.1, 0.15) is 0 Å². The molecule has 2 aromatic rings. The molecule has 0 unspecified atom stereocenters. The van der Waals surface area contributed by atoms with Crippen molar-refractivity contribution in [2.45, 2.75) is 0 Å². The molecule has 1 heterocycles. The average molecular weight is 273 g/mol. The molecule has 14 heavy (non-hydrogen) atoms. The van der Waals surface area contributed by atoms with Gasteiger partial charge >= 0.3 is 0 Å². The van der Waals surface area contributed by atoms with Gasteiger partial charge in [0.25, 0.3) is 0 Å². The summed E-state index contributed by atoms with van der Waals surface area (Å²) >= 11 is 4.49. The number of benzene rings is 1. The molecular weight excluding hydrogens is 267 g/mol. The van der Waals surface area contributed by atoms with E-state index in [1.165, 1.54) is 17.4 Å². The van der Waals surface area contributed by atoms with Gasteiger partial charge in [0.05, 0.1) is 10.2 Å². The summed E-state index contributed by atoms with van der Waals surface area (Å²) in [5, 5.41) is 2.36. The van der Waals surface area contributed by atoms with E-state index in [2.05, 4.69) is 20.9 Å². The van der Waals surface area contributed by atoms with Gasteiger partial charge in [0.1, 0.15) is 5.82 Å². The summed E-state index contributed by atoms with van der Waals surface area (Å²) < 4.78 is 13.4. The van der Waals surface area contributed by atoms with Crippen molar-refractivity contribution in [2.24, 2.45) is 0 Å². The van der Waals surface area contributed by atoms with E-state index in [1.807, 2.05) is 5.38 Å². The SMILES string of the molecule is Nc1nc(-c2ccc(F)c(Br)c2)cs1. The molecule has 1 aromatic heterocycles. The Morgan fingerprint density at radius 3 is 2.79 bits per heavy atom. The van der Waals surface area contributed by atoms with Crippen LogP contribution in [0.15, 0.2) is 28.1 Å². The van der Waals surface area contributed by atoms with Crippen LogP contribution in [0, 0.1) is 5.82 Å². The molecule has 1 aromatic carbocycles. The molecule has 0 aliphatic heterocycles. The molecule has 0 bridgehead atoms. The number of thiazole rings is 1. The molecule has 72 valence electrons. The van der Waals surface area contributed by atoms with Crippen LogP contribution in [-0.4, -0.2) is 4.98 Å². The molecule has 2 N–H and O–H groups in total. The molecule has 0 spiro atoms. The van der Waals surface area contributed by atoms with E-state index in [1.54, 1.807) is 12.1 Å². The Morgan fingerprint density at radius 1 is 1.43 bits per heavy atom. The minimum absolute atomic E-state index is 0.281. The minimum atomic E-state index is -0.281. The third kappa shape index (κ3) is 1.78. The van der Waals surface area contributed by atoms with Crippen LogP contribution >= 0.6 is 27.3 Å². The number of anilines is 1. The number of hydrogen-bond acceptors (Lipinski definition) is 3. The van der Waals surface area contributed by atoms with Gasteiger partial charge in [-0.15, -0.1) is 11.3 Å². The lowest BCUT2D eigenvalue weighted by molar-refractivity contribution is 0.621. The van der Waals surface area contributed by atoms with E-state index < -0.39 is 0 Å². The number of nitrogen functional groups attached to an aromatic ring is 1. The summed E-state index contributed by atoms with van der Waals surface area (Å²) in [4.78, 5) is 4.10. The summed E-state index contributed by atoms with van der Waals surface area (Å²) in [7, 11) is 0. The highest BCUT2D eigenvalue weighted by molar-refractivity contribution is 9.10. The highest BCUT2D eigenvalue weighted by atomic mass is 79.9. The summed E-state index contributed by atoms with van der Waals surface area (Å²) in [5.74, 6) is -0.281. The van der Waals surface area contributed by atoms with Crippen molar-refractivity contribution in [3.8, 4) is 11.3 Å². The van der Waals surface area contributed by atoms with E-state index >= 15 is 0 Å². The van der Waals surface area contributed by atoms with Crippen LogP contribution in [0.5, 0.6) is 0 Å². The first-order chi connectivity index (χ1) is 6.66. The first-order valence-corrected chi connectivity index (χ1v) is 5.50. The zero-order valence-corrected chi connectivity index (χ0v) is 9.40. The lowest BCUT2D eigenvalue weighted by Crippen LogP contribution is -1.84. The van der Waals surface area contributed by atoms with Crippen molar-refractivity contribution in [3.05, 3.63) is 33.9 Å². The zero-order chi connectivity index (χ0) is 10.1. The Bertz CT molecular complexity index is 470. The van der Waals surface area contributed by atoms with Gasteiger partial charge in [0, 0.05) is 10.9 Å². The van der Waals surface area contributed by atoms with Gasteiger partial charge in [-0.2, -0.15) is 0 Å². The monoisotopic (exact) mass is 272 g/mol. The fourth-order valence-corrected chi connectivity index (χ4v) is 2.03. The standard InChI is InChI=1S/C9H6BrFN2S/c10-6-3-5(1-2-7(6)11)8-4-14-9(12)13-8/h1-4H,(H2,12,13). The van der Waals surface area contributed by atoms with Crippen molar-refractivity contribution in [1.29, 1.82) is 0 Å². The minimum Gasteiger partial charge on any atom is -0.375 e. The first kappa shape index (κ1) is 9.61. The van der Waals surface area contributed by atoms with E-state index in [-0.39, 0.29) is 5.82 Å². The lowest BCUT2D eigenvalue weighted by atomic mass is 10.2. The number of halogens is 2. The molecule has 2 rings (SSSR count). The Hall–Kier alpha value is -0.940. The molecule has 0 atom stereocenters. The number of aromatic nitrogens is 1. The molecule has 0 saturated heterocycles. The van der Waals surface area contributed by atoms with E-state index in [9.17, 15) is 4.39 Å². The molecule has 0 aliphatic carbocycles. The summed E-state index contributed by atoms with van der Waals surface area (Å²) in [5.41, 5.74) is 7.13. The number of rotatable bonds is 1. The topological polar surface area (TPSA) is 38.9 Å². The van der Waals surface area contributed by atoms with Gasteiger partial charge in [0.2, 0.25) is 0 Å². The van der Waals surface area contributed by atoms with E-state index in [0.29, 0.717) is 9.60 Å². The second-order valence-corrected chi connectivity index (χ2v) is 4.44. The summed E-state index contributed by atoms with van der Waals surface area (Å²) in [6, 6.07) is 4.76. The van der Waals surface area contributed by atoms with Gasteiger partial charge in [-0.25, -0.2) is 9.37 Å². The van der Waals surface area contributed by atoms with Gasteiger partial charge in [0.15, 0.2) is 5.13 Å². The lowest BCUT2D eigenvalue weighted by Gasteiger charge is -1.98. The first-order valence-electron chi connectivity index (χ1n) is 3.83. The Labute approximate surface area is 92.7 Å². The van der Waals surface area contributed by atoms with Crippen LogP contribution in [0.4, 0.5) is 9.52 Å². The van der Waals surface area contributed by atoms with Crippen LogP contribution in [0.2, 0.25) is 0 Å². The third-order valence-electron chi connectivity index (χ3n) is 1.74. The van der Waals surface area contributed by atoms with Crippen molar-refractivity contribution in [3.63, 3.8) is 0 Å². The zero-order valence-electron chi connectivity index (χ0n) is 7.00. The van der Waals surface area contributed by atoms with Crippen LogP contribution in [-0.2, 0) is 0 Å². The molecule has 5 heteroatoms. The third-order valence-corrected chi connectivity index (χ3v) is 3.02. The molecule has 0 fully saturated rings. The molecule has 0 aliphatic rings. The fourth-order valence-electron chi connectivity index (χ4n) is 1.08. The summed E-state index contributed by atoms with van der Waals surface area (Å²) in [6.45, 7) is 0. The number of nitrogens with zero attached hydrogens (tertiary/aromatic N) is 1. The second kappa shape index (κ2) is 3.67. The fraction of sp³-hybridized carbons (Fsp3) is 0. The summed E-state index contributed by atoms with van der Waals surface area (Å²) in [6.07, 6.45) is 0. The molecule has 0 amide bonds. The van der Waals surface area contributed by atoms with Crippen molar-refractivity contribution in [1.82, 2.24) is 4.98 Å². The maximum absolute atomic E-state index is 12.9. The Balaban J connectivity index is 2.47. The highest BCUT2D eigenvalue weighted by Crippen LogP contribution is 2.26. The molecular formula is C9H6BrFN2S. The molecule has 0 saturated carbocycles. The Morgan fingerprint density at radius 2 is 2.21 bits per heavy atom. The normalized spacial score (nSPS) is 10.4. The van der Waals surface area contributed by atoms with Crippen LogP contribution < -0.4 is 5.73 Å². The van der Waals surface area contributed by atoms with Crippen LogP contribution in [0.25, 0.3) is 11.3 Å². The smallest absolute Gasteiger partial charge is 0.180 e. The Kier molecular flexibility index (Phi) is 2.52. The van der Waals surface area contributed by atoms with Gasteiger partial charge in [-0.1, -0.05) is 0 Å². The molecule has 2 nitrogen and oxygen atoms in total. The van der Waals surface area contributed by atoms with Crippen molar-refractivity contribution < 1.29 is 4.39 Å². The van der Waals surface area contributed by atoms with Crippen molar-refractivity contribution >= 4 is 32.4 Å². The number of nitrogens with two attached hydrogens (primary N) is 1. The van der Waals surface area contributed by atoms with Gasteiger partial charge in [-0.3, -0.25) is 0 Å². The maximum atomic E-state index is 12.9. The largest absolute Gasteiger partial charge is 0.375 e. The average Bonchev–Trinajstić information content (AvgIpc) is 2.57. The predicted molar refractivity (Wildman–Crippen MR) is 59.6 cm³/mol. The second-order valence-electron chi connectivity index (χ2n) is 2.70.